The van der Waals surface area contributed by atoms with Crippen molar-refractivity contribution in [2.24, 2.45) is 0 Å². The Morgan fingerprint density at radius 3 is 2.38 bits per heavy atom. The minimum Gasteiger partial charge on any atom is -0.410 e. The van der Waals surface area contributed by atoms with Gasteiger partial charge in [-0.2, -0.15) is 0 Å². The molecule has 0 aliphatic rings. The van der Waals surface area contributed by atoms with Crippen molar-refractivity contribution < 1.29 is 9.53 Å². The lowest BCUT2D eigenvalue weighted by Gasteiger charge is -2.17. The van der Waals surface area contributed by atoms with Crippen molar-refractivity contribution in [2.75, 3.05) is 0 Å². The molecule has 0 aromatic heterocycles. The molecular formula is C18H29NO2. The minimum atomic E-state index is -0.340. The maximum Gasteiger partial charge on any atom is 0.412 e. The maximum absolute atomic E-state index is 11.9. The van der Waals surface area contributed by atoms with Crippen LogP contribution in [0.15, 0.2) is 24.3 Å². The van der Waals surface area contributed by atoms with Gasteiger partial charge in [0.2, 0.25) is 0 Å². The predicted octanol–water partition coefficient (Wildman–Crippen LogP) is 5.22. The van der Waals surface area contributed by atoms with Crippen LogP contribution in [0.2, 0.25) is 0 Å². The van der Waals surface area contributed by atoms with E-state index in [1.807, 2.05) is 31.2 Å². The highest BCUT2D eigenvalue weighted by Crippen LogP contribution is 2.13. The first kappa shape index (κ1) is 17.5. The zero-order valence-electron chi connectivity index (χ0n) is 13.7. The van der Waals surface area contributed by atoms with E-state index >= 15 is 0 Å². The van der Waals surface area contributed by atoms with Crippen molar-refractivity contribution in [3.63, 3.8) is 0 Å². The van der Waals surface area contributed by atoms with Gasteiger partial charge in [0.25, 0.3) is 0 Å². The lowest BCUT2D eigenvalue weighted by atomic mass is 10.0. The number of rotatable bonds is 9. The molecule has 118 valence electrons. The standard InChI is InChI=1S/C18H29NO2/c1-4-6-7-8-10-16(9-5-2)19-18(20)21-17-13-11-15(3)12-14-17/h11-14,16H,4-10H2,1-3H3,(H,19,20). The Bertz CT molecular complexity index is 400. The van der Waals surface area contributed by atoms with E-state index in [2.05, 4.69) is 19.2 Å². The van der Waals surface area contributed by atoms with E-state index in [-0.39, 0.29) is 12.1 Å². The number of carbonyl (C=O) groups excluding carboxylic acids is 1. The number of benzene rings is 1. The minimum absolute atomic E-state index is 0.227. The lowest BCUT2D eigenvalue weighted by Crippen LogP contribution is -2.36. The van der Waals surface area contributed by atoms with E-state index < -0.39 is 0 Å². The fourth-order valence-corrected chi connectivity index (χ4v) is 2.36. The summed E-state index contributed by atoms with van der Waals surface area (Å²) in [6.07, 6.45) is 7.70. The summed E-state index contributed by atoms with van der Waals surface area (Å²) in [6.45, 7) is 6.37. The van der Waals surface area contributed by atoms with Crippen LogP contribution < -0.4 is 10.1 Å². The number of ether oxygens (including phenoxy) is 1. The zero-order valence-corrected chi connectivity index (χ0v) is 13.7. The van der Waals surface area contributed by atoms with Crippen LogP contribution in [0.5, 0.6) is 5.75 Å². The average Bonchev–Trinajstić information content (AvgIpc) is 2.46. The second-order valence-electron chi connectivity index (χ2n) is 5.68. The summed E-state index contributed by atoms with van der Waals surface area (Å²) in [4.78, 5) is 11.9. The third-order valence-electron chi connectivity index (χ3n) is 3.60. The van der Waals surface area contributed by atoms with Gasteiger partial charge in [-0.1, -0.05) is 63.6 Å². The molecule has 1 atom stereocenters. The van der Waals surface area contributed by atoms with Crippen molar-refractivity contribution >= 4 is 6.09 Å². The van der Waals surface area contributed by atoms with Gasteiger partial charge < -0.3 is 10.1 Å². The molecule has 1 unspecified atom stereocenters. The summed E-state index contributed by atoms with van der Waals surface area (Å²) in [5.74, 6) is 0.597. The molecule has 3 heteroatoms. The Hall–Kier alpha value is -1.51. The topological polar surface area (TPSA) is 38.3 Å². The Balaban J connectivity index is 2.38. The smallest absolute Gasteiger partial charge is 0.410 e. The Labute approximate surface area is 129 Å². The van der Waals surface area contributed by atoms with E-state index in [9.17, 15) is 4.79 Å². The van der Waals surface area contributed by atoms with Crippen molar-refractivity contribution in [1.82, 2.24) is 5.32 Å². The number of carbonyl (C=O) groups is 1. The fourth-order valence-electron chi connectivity index (χ4n) is 2.36. The highest BCUT2D eigenvalue weighted by Gasteiger charge is 2.12. The van der Waals surface area contributed by atoms with E-state index in [1.54, 1.807) is 0 Å². The summed E-state index contributed by atoms with van der Waals surface area (Å²) in [5, 5.41) is 3.00. The number of unbranched alkanes of at least 4 members (excludes halogenated alkanes) is 3. The van der Waals surface area contributed by atoms with Gasteiger partial charge in [0.15, 0.2) is 0 Å². The number of aryl methyl sites for hydroxylation is 1. The first-order valence-corrected chi connectivity index (χ1v) is 8.20. The van der Waals surface area contributed by atoms with Crippen LogP contribution in [0.3, 0.4) is 0 Å². The quantitative estimate of drug-likeness (QED) is 0.633. The van der Waals surface area contributed by atoms with Crippen LogP contribution in [0, 0.1) is 6.92 Å². The number of amides is 1. The monoisotopic (exact) mass is 291 g/mol. The number of nitrogens with one attached hydrogen (secondary N) is 1. The van der Waals surface area contributed by atoms with Crippen molar-refractivity contribution in [3.8, 4) is 5.75 Å². The molecule has 0 spiro atoms. The van der Waals surface area contributed by atoms with Crippen LogP contribution in [0.25, 0.3) is 0 Å². The molecule has 1 amide bonds. The molecule has 0 saturated heterocycles. The van der Waals surface area contributed by atoms with E-state index in [0.717, 1.165) is 24.8 Å². The van der Waals surface area contributed by atoms with Crippen molar-refractivity contribution in [1.29, 1.82) is 0 Å². The zero-order chi connectivity index (χ0) is 15.5. The molecule has 0 radical (unpaired) electrons. The fraction of sp³-hybridized carbons (Fsp3) is 0.611. The molecular weight excluding hydrogens is 262 g/mol. The number of hydrogen-bond donors (Lipinski definition) is 1. The molecule has 0 aliphatic heterocycles. The first-order chi connectivity index (χ1) is 10.2. The van der Waals surface area contributed by atoms with Gasteiger partial charge in [-0.05, 0) is 31.9 Å². The van der Waals surface area contributed by atoms with E-state index in [4.69, 9.17) is 4.74 Å². The molecule has 0 bridgehead atoms. The second-order valence-corrected chi connectivity index (χ2v) is 5.68. The summed E-state index contributed by atoms with van der Waals surface area (Å²) in [6, 6.07) is 7.76. The van der Waals surface area contributed by atoms with Crippen LogP contribution >= 0.6 is 0 Å². The van der Waals surface area contributed by atoms with Crippen LogP contribution in [-0.2, 0) is 0 Å². The van der Waals surface area contributed by atoms with Gasteiger partial charge in [0, 0.05) is 6.04 Å². The van der Waals surface area contributed by atoms with Crippen molar-refractivity contribution in [3.05, 3.63) is 29.8 Å². The van der Waals surface area contributed by atoms with Gasteiger partial charge in [-0.3, -0.25) is 0 Å². The largest absolute Gasteiger partial charge is 0.412 e. The van der Waals surface area contributed by atoms with Gasteiger partial charge in [-0.15, -0.1) is 0 Å². The average molecular weight is 291 g/mol. The van der Waals surface area contributed by atoms with Crippen molar-refractivity contribution in [2.45, 2.75) is 71.8 Å². The predicted molar refractivity (Wildman–Crippen MR) is 87.8 cm³/mol. The molecule has 0 heterocycles. The highest BCUT2D eigenvalue weighted by atomic mass is 16.6. The summed E-state index contributed by atoms with van der Waals surface area (Å²) in [7, 11) is 0. The Kier molecular flexibility index (Phi) is 8.56. The van der Waals surface area contributed by atoms with E-state index in [0.29, 0.717) is 5.75 Å². The normalized spacial score (nSPS) is 12.0. The third kappa shape index (κ3) is 7.74. The van der Waals surface area contributed by atoms with Crippen LogP contribution in [0.4, 0.5) is 4.79 Å². The molecule has 1 aromatic rings. The summed E-state index contributed by atoms with van der Waals surface area (Å²) < 4.78 is 5.32. The second kappa shape index (κ2) is 10.3. The SMILES string of the molecule is CCCCCCC(CCC)NC(=O)Oc1ccc(C)cc1. The van der Waals surface area contributed by atoms with Crippen LogP contribution in [0.1, 0.15) is 64.4 Å². The molecule has 3 nitrogen and oxygen atoms in total. The highest BCUT2D eigenvalue weighted by molar-refractivity contribution is 5.70. The van der Waals surface area contributed by atoms with Gasteiger partial charge in [0.05, 0.1) is 0 Å². The molecule has 0 aliphatic carbocycles. The molecule has 0 fully saturated rings. The Morgan fingerprint density at radius 2 is 1.76 bits per heavy atom. The van der Waals surface area contributed by atoms with E-state index in [1.165, 1.54) is 25.7 Å². The Morgan fingerprint density at radius 1 is 1.05 bits per heavy atom. The third-order valence-corrected chi connectivity index (χ3v) is 3.60. The lowest BCUT2D eigenvalue weighted by molar-refractivity contribution is 0.194. The van der Waals surface area contributed by atoms with Gasteiger partial charge >= 0.3 is 6.09 Å². The molecule has 1 rings (SSSR count). The number of hydrogen-bond acceptors (Lipinski definition) is 2. The van der Waals surface area contributed by atoms with Gasteiger partial charge in [-0.25, -0.2) is 4.79 Å². The molecule has 0 saturated carbocycles. The van der Waals surface area contributed by atoms with Crippen LogP contribution in [-0.4, -0.2) is 12.1 Å². The molecule has 21 heavy (non-hydrogen) atoms. The molecule has 1 N–H and O–H groups in total. The summed E-state index contributed by atoms with van der Waals surface area (Å²) >= 11 is 0. The summed E-state index contributed by atoms with van der Waals surface area (Å²) in [5.41, 5.74) is 1.16. The van der Waals surface area contributed by atoms with Gasteiger partial charge in [0.1, 0.15) is 5.75 Å². The first-order valence-electron chi connectivity index (χ1n) is 8.20. The molecule has 1 aromatic carbocycles. The maximum atomic E-state index is 11.9.